The Labute approximate surface area is 170 Å². The summed E-state index contributed by atoms with van der Waals surface area (Å²) in [5, 5.41) is 24.2. The normalized spacial score (nSPS) is 20.1. The predicted octanol–water partition coefficient (Wildman–Crippen LogP) is 0.255. The first-order chi connectivity index (χ1) is 13.6. The average Bonchev–Trinajstić information content (AvgIpc) is 3.47. The Kier molecular flexibility index (Phi) is 7.51. The first kappa shape index (κ1) is 23.0. The number of Topliss-reactive ketones (excluding diaryl/α,β-unsaturated/α-hetero) is 1. The van der Waals surface area contributed by atoms with Gasteiger partial charge in [-0.2, -0.15) is 0 Å². The van der Waals surface area contributed by atoms with Crippen LogP contribution in [-0.4, -0.2) is 65.3 Å². The van der Waals surface area contributed by atoms with Crippen LogP contribution in [0.3, 0.4) is 0 Å². The first-order valence-electron chi connectivity index (χ1n) is 9.72. The molecule has 8 nitrogen and oxygen atoms in total. The summed E-state index contributed by atoms with van der Waals surface area (Å²) in [4.78, 5) is 38.0. The molecule has 3 atom stereocenters. The number of aryl methyl sites for hydroxylation is 2. The van der Waals surface area contributed by atoms with E-state index in [2.05, 4.69) is 10.6 Å². The van der Waals surface area contributed by atoms with Crippen LogP contribution in [-0.2, 0) is 14.3 Å². The minimum absolute atomic E-state index is 0.0934. The molecular formula is C21H30N2O6. The van der Waals surface area contributed by atoms with Crippen LogP contribution in [0.5, 0.6) is 0 Å². The maximum Gasteiger partial charge on any atom is 0.252 e. The zero-order valence-electron chi connectivity index (χ0n) is 17.3. The Hall–Kier alpha value is -2.29. The van der Waals surface area contributed by atoms with E-state index in [1.807, 2.05) is 26.8 Å². The lowest BCUT2D eigenvalue weighted by Crippen LogP contribution is -2.55. The Bertz CT molecular complexity index is 772. The van der Waals surface area contributed by atoms with Gasteiger partial charge in [0.1, 0.15) is 6.04 Å². The third-order valence-corrected chi connectivity index (χ3v) is 4.98. The van der Waals surface area contributed by atoms with Gasteiger partial charge in [0.25, 0.3) is 5.91 Å². The van der Waals surface area contributed by atoms with Gasteiger partial charge in [0.2, 0.25) is 5.91 Å². The van der Waals surface area contributed by atoms with E-state index in [-0.39, 0.29) is 12.5 Å². The number of ketones is 1. The smallest absolute Gasteiger partial charge is 0.252 e. The second-order valence-corrected chi connectivity index (χ2v) is 8.02. The summed E-state index contributed by atoms with van der Waals surface area (Å²) >= 11 is 0. The maximum atomic E-state index is 12.7. The van der Waals surface area contributed by atoms with Crippen molar-refractivity contribution in [1.29, 1.82) is 0 Å². The van der Waals surface area contributed by atoms with Crippen molar-refractivity contribution in [3.63, 3.8) is 0 Å². The van der Waals surface area contributed by atoms with Gasteiger partial charge in [-0.3, -0.25) is 14.4 Å². The molecule has 8 heteroatoms. The van der Waals surface area contributed by atoms with Crippen molar-refractivity contribution < 1.29 is 29.3 Å². The highest BCUT2D eigenvalue weighted by Gasteiger charge is 2.54. The van der Waals surface area contributed by atoms with Gasteiger partial charge >= 0.3 is 0 Å². The van der Waals surface area contributed by atoms with E-state index in [0.29, 0.717) is 12.0 Å². The third-order valence-electron chi connectivity index (χ3n) is 4.98. The topological polar surface area (TPSA) is 128 Å². The highest BCUT2D eigenvalue weighted by atomic mass is 16.6. The maximum absolute atomic E-state index is 12.7. The van der Waals surface area contributed by atoms with Crippen molar-refractivity contribution in [2.75, 3.05) is 19.8 Å². The van der Waals surface area contributed by atoms with Crippen molar-refractivity contribution in [2.45, 2.75) is 51.8 Å². The molecule has 160 valence electrons. The Morgan fingerprint density at radius 1 is 1.14 bits per heavy atom. The van der Waals surface area contributed by atoms with Crippen LogP contribution in [0, 0.1) is 19.8 Å². The fourth-order valence-corrected chi connectivity index (χ4v) is 3.10. The number of ether oxygens (including phenoxy) is 1. The number of carbonyl (C=O) groups is 3. The van der Waals surface area contributed by atoms with Crippen molar-refractivity contribution in [1.82, 2.24) is 10.6 Å². The van der Waals surface area contributed by atoms with Gasteiger partial charge in [-0.05, 0) is 37.8 Å². The number of amides is 2. The van der Waals surface area contributed by atoms with E-state index in [1.54, 1.807) is 19.1 Å². The number of rotatable bonds is 10. The Morgan fingerprint density at radius 2 is 1.79 bits per heavy atom. The zero-order chi connectivity index (χ0) is 21.8. The number of hydrogen-bond acceptors (Lipinski definition) is 6. The predicted molar refractivity (Wildman–Crippen MR) is 106 cm³/mol. The molecule has 2 unspecified atom stereocenters. The van der Waals surface area contributed by atoms with E-state index in [1.165, 1.54) is 0 Å². The van der Waals surface area contributed by atoms with Gasteiger partial charge in [0.15, 0.2) is 11.4 Å². The minimum atomic E-state index is -1.26. The molecule has 1 heterocycles. The fraction of sp³-hybridized carbons (Fsp3) is 0.571. The molecule has 0 spiro atoms. The highest BCUT2D eigenvalue weighted by molar-refractivity contribution is 6.01. The molecule has 0 bridgehead atoms. The molecule has 29 heavy (non-hydrogen) atoms. The molecule has 2 rings (SSSR count). The molecule has 1 aromatic carbocycles. The molecule has 1 aliphatic heterocycles. The Morgan fingerprint density at radius 3 is 2.31 bits per heavy atom. The number of nitrogens with one attached hydrogen (secondary N) is 2. The molecule has 1 fully saturated rings. The second kappa shape index (κ2) is 9.47. The third kappa shape index (κ3) is 5.62. The van der Waals surface area contributed by atoms with Crippen LogP contribution in [0.4, 0.5) is 0 Å². The molecule has 1 aromatic rings. The molecule has 0 aliphatic carbocycles. The minimum Gasteiger partial charge on any atom is -0.394 e. The monoisotopic (exact) mass is 406 g/mol. The van der Waals surface area contributed by atoms with Crippen LogP contribution in [0.25, 0.3) is 0 Å². The summed E-state index contributed by atoms with van der Waals surface area (Å²) in [6, 6.07) is 3.29. The van der Waals surface area contributed by atoms with Crippen LogP contribution < -0.4 is 10.6 Å². The van der Waals surface area contributed by atoms with Crippen LogP contribution in [0.2, 0.25) is 0 Å². The van der Waals surface area contributed by atoms with Gasteiger partial charge in [-0.1, -0.05) is 31.5 Å². The quantitative estimate of drug-likeness (QED) is 0.413. The standard InChI is InChI=1S/C21H30N2O6/c1-12(2)7-16(18(26)21(10-25)11-29-21)22-20(28)17(9-24)23-19(27)15-8-13(3)5-6-14(15)4/h5-6,8,12,16-17,24-25H,7,9-11H2,1-4H3,(H,22,28)(H,23,27)/t16?,17-,21?/m0/s1. The van der Waals surface area contributed by atoms with Crippen molar-refractivity contribution in [3.8, 4) is 0 Å². The molecule has 4 N–H and O–H groups in total. The number of hydrogen-bond donors (Lipinski definition) is 4. The second-order valence-electron chi connectivity index (χ2n) is 8.02. The Balaban J connectivity index is 2.10. The largest absolute Gasteiger partial charge is 0.394 e. The van der Waals surface area contributed by atoms with E-state index in [4.69, 9.17) is 4.74 Å². The number of aliphatic hydroxyl groups excluding tert-OH is 2. The van der Waals surface area contributed by atoms with Gasteiger partial charge in [0, 0.05) is 5.56 Å². The molecule has 0 radical (unpaired) electrons. The lowest BCUT2D eigenvalue weighted by atomic mass is 9.92. The lowest BCUT2D eigenvalue weighted by Gasteiger charge is -2.24. The molecule has 1 aliphatic rings. The number of benzene rings is 1. The summed E-state index contributed by atoms with van der Waals surface area (Å²) in [7, 11) is 0. The summed E-state index contributed by atoms with van der Waals surface area (Å²) in [5.41, 5.74) is 0.793. The fourth-order valence-electron chi connectivity index (χ4n) is 3.10. The summed E-state index contributed by atoms with van der Waals surface area (Å²) in [5.74, 6) is -1.46. The van der Waals surface area contributed by atoms with Crippen molar-refractivity contribution in [3.05, 3.63) is 34.9 Å². The molecule has 2 amide bonds. The van der Waals surface area contributed by atoms with Crippen molar-refractivity contribution in [2.24, 2.45) is 5.92 Å². The van der Waals surface area contributed by atoms with E-state index < -0.39 is 48.5 Å². The molecular weight excluding hydrogens is 376 g/mol. The first-order valence-corrected chi connectivity index (χ1v) is 9.72. The molecule has 0 aromatic heterocycles. The highest BCUT2D eigenvalue weighted by Crippen LogP contribution is 2.30. The van der Waals surface area contributed by atoms with Crippen LogP contribution >= 0.6 is 0 Å². The van der Waals surface area contributed by atoms with E-state index in [0.717, 1.165) is 11.1 Å². The molecule has 0 saturated carbocycles. The number of carbonyl (C=O) groups excluding carboxylic acids is 3. The van der Waals surface area contributed by atoms with Gasteiger partial charge in [-0.15, -0.1) is 0 Å². The average molecular weight is 406 g/mol. The van der Waals surface area contributed by atoms with E-state index in [9.17, 15) is 24.6 Å². The summed E-state index contributed by atoms with van der Waals surface area (Å²) in [6.45, 7) is 6.47. The lowest BCUT2D eigenvalue weighted by molar-refractivity contribution is -0.133. The number of epoxide rings is 1. The van der Waals surface area contributed by atoms with Gasteiger partial charge in [0.05, 0.1) is 25.9 Å². The van der Waals surface area contributed by atoms with Gasteiger partial charge < -0.3 is 25.6 Å². The summed E-state index contributed by atoms with van der Waals surface area (Å²) < 4.78 is 5.11. The van der Waals surface area contributed by atoms with Crippen LogP contribution in [0.1, 0.15) is 41.8 Å². The zero-order valence-corrected chi connectivity index (χ0v) is 17.3. The van der Waals surface area contributed by atoms with E-state index >= 15 is 0 Å². The van der Waals surface area contributed by atoms with Crippen molar-refractivity contribution >= 4 is 17.6 Å². The number of aliphatic hydroxyl groups is 2. The molecule has 1 saturated heterocycles. The summed E-state index contributed by atoms with van der Waals surface area (Å²) in [6.07, 6.45) is 0.346. The SMILES string of the molecule is Cc1ccc(C)c(C(=O)N[C@@H](CO)C(=O)NC(CC(C)C)C(=O)C2(CO)CO2)c1. The van der Waals surface area contributed by atoms with Crippen LogP contribution in [0.15, 0.2) is 18.2 Å². The van der Waals surface area contributed by atoms with Gasteiger partial charge in [-0.25, -0.2) is 0 Å².